The van der Waals surface area contributed by atoms with Gasteiger partial charge in [-0.1, -0.05) is 6.07 Å². The summed E-state index contributed by atoms with van der Waals surface area (Å²) in [5, 5.41) is 2.92. The molecule has 2 rings (SSSR count). The molecule has 0 bridgehead atoms. The SMILES string of the molecule is CCOCCNC(=O)N1CCCC1c1ccc(OC)c(OC)c1. The second-order valence-corrected chi connectivity index (χ2v) is 5.39. The van der Waals surface area contributed by atoms with Gasteiger partial charge in [-0.05, 0) is 37.5 Å². The largest absolute Gasteiger partial charge is 0.493 e. The Morgan fingerprint density at radius 1 is 1.30 bits per heavy atom. The predicted octanol–water partition coefficient (Wildman–Crippen LogP) is 2.59. The Balaban J connectivity index is 2.04. The average Bonchev–Trinajstić information content (AvgIpc) is 3.07. The van der Waals surface area contributed by atoms with E-state index in [9.17, 15) is 4.79 Å². The summed E-state index contributed by atoms with van der Waals surface area (Å²) in [5.74, 6) is 1.38. The molecule has 1 N–H and O–H groups in total. The van der Waals surface area contributed by atoms with Gasteiger partial charge in [-0.3, -0.25) is 0 Å². The first kappa shape index (κ1) is 17.4. The number of hydrogen-bond donors (Lipinski definition) is 1. The van der Waals surface area contributed by atoms with Crippen molar-refractivity contribution >= 4 is 6.03 Å². The minimum Gasteiger partial charge on any atom is -0.493 e. The number of nitrogens with zero attached hydrogens (tertiary/aromatic N) is 1. The van der Waals surface area contributed by atoms with E-state index in [0.717, 1.165) is 24.9 Å². The van der Waals surface area contributed by atoms with Gasteiger partial charge in [0.1, 0.15) is 0 Å². The van der Waals surface area contributed by atoms with Crippen LogP contribution in [0.5, 0.6) is 11.5 Å². The number of urea groups is 1. The van der Waals surface area contributed by atoms with Gasteiger partial charge in [0.15, 0.2) is 11.5 Å². The topological polar surface area (TPSA) is 60.0 Å². The van der Waals surface area contributed by atoms with Crippen LogP contribution in [0.1, 0.15) is 31.4 Å². The van der Waals surface area contributed by atoms with Gasteiger partial charge in [-0.25, -0.2) is 4.79 Å². The first-order chi connectivity index (χ1) is 11.2. The molecule has 0 radical (unpaired) electrons. The van der Waals surface area contributed by atoms with Crippen molar-refractivity contribution in [1.82, 2.24) is 10.2 Å². The van der Waals surface area contributed by atoms with E-state index in [1.54, 1.807) is 14.2 Å². The van der Waals surface area contributed by atoms with Crippen molar-refractivity contribution in [1.29, 1.82) is 0 Å². The third-order valence-corrected chi connectivity index (χ3v) is 4.03. The molecule has 1 aliphatic heterocycles. The van der Waals surface area contributed by atoms with Crippen molar-refractivity contribution in [3.05, 3.63) is 23.8 Å². The molecular formula is C17H26N2O4. The van der Waals surface area contributed by atoms with E-state index in [4.69, 9.17) is 14.2 Å². The molecule has 6 heteroatoms. The second kappa shape index (κ2) is 8.62. The first-order valence-electron chi connectivity index (χ1n) is 8.05. The molecular weight excluding hydrogens is 296 g/mol. The standard InChI is InChI=1S/C17H26N2O4/c1-4-23-11-9-18-17(20)19-10-5-6-14(19)13-7-8-15(21-2)16(12-13)22-3/h7-8,12,14H,4-6,9-11H2,1-3H3,(H,18,20). The zero-order chi connectivity index (χ0) is 16.7. The van der Waals surface area contributed by atoms with Crippen LogP contribution in [0.2, 0.25) is 0 Å². The molecule has 23 heavy (non-hydrogen) atoms. The lowest BCUT2D eigenvalue weighted by Crippen LogP contribution is -2.40. The average molecular weight is 322 g/mol. The Kier molecular flexibility index (Phi) is 6.52. The molecule has 1 saturated heterocycles. The molecule has 128 valence electrons. The molecule has 1 unspecified atom stereocenters. The number of ether oxygens (including phenoxy) is 3. The van der Waals surface area contributed by atoms with E-state index in [-0.39, 0.29) is 12.1 Å². The van der Waals surface area contributed by atoms with Crippen LogP contribution in [0, 0.1) is 0 Å². The highest BCUT2D eigenvalue weighted by molar-refractivity contribution is 5.75. The Bertz CT molecular complexity index is 521. The third-order valence-electron chi connectivity index (χ3n) is 4.03. The highest BCUT2D eigenvalue weighted by Crippen LogP contribution is 2.36. The maximum Gasteiger partial charge on any atom is 0.317 e. The summed E-state index contributed by atoms with van der Waals surface area (Å²) in [5.41, 5.74) is 1.07. The van der Waals surface area contributed by atoms with Gasteiger partial charge in [-0.15, -0.1) is 0 Å². The van der Waals surface area contributed by atoms with Crippen molar-refractivity contribution in [2.75, 3.05) is 40.5 Å². The summed E-state index contributed by atoms with van der Waals surface area (Å²) in [6.45, 7) is 4.43. The minimum absolute atomic E-state index is 0.0398. The Labute approximate surface area is 137 Å². The van der Waals surface area contributed by atoms with E-state index in [2.05, 4.69) is 5.32 Å². The van der Waals surface area contributed by atoms with Crippen LogP contribution in [0.15, 0.2) is 18.2 Å². The quantitative estimate of drug-likeness (QED) is 0.784. The monoisotopic (exact) mass is 322 g/mol. The fourth-order valence-electron chi connectivity index (χ4n) is 2.89. The van der Waals surface area contributed by atoms with E-state index in [1.807, 2.05) is 30.0 Å². The van der Waals surface area contributed by atoms with Crippen molar-refractivity contribution in [2.24, 2.45) is 0 Å². The third kappa shape index (κ3) is 4.28. The summed E-state index contributed by atoms with van der Waals surface area (Å²) in [7, 11) is 3.24. The zero-order valence-corrected chi connectivity index (χ0v) is 14.1. The summed E-state index contributed by atoms with van der Waals surface area (Å²) in [6, 6.07) is 5.87. The summed E-state index contributed by atoms with van der Waals surface area (Å²) in [4.78, 5) is 14.3. The molecule has 0 aromatic heterocycles. The van der Waals surface area contributed by atoms with E-state index >= 15 is 0 Å². The fraction of sp³-hybridized carbons (Fsp3) is 0.588. The number of methoxy groups -OCH3 is 2. The molecule has 1 fully saturated rings. The lowest BCUT2D eigenvalue weighted by Gasteiger charge is -2.26. The van der Waals surface area contributed by atoms with Crippen molar-refractivity contribution in [2.45, 2.75) is 25.8 Å². The molecule has 1 aliphatic rings. The number of hydrogen-bond acceptors (Lipinski definition) is 4. The van der Waals surface area contributed by atoms with Crippen LogP contribution >= 0.6 is 0 Å². The summed E-state index contributed by atoms with van der Waals surface area (Å²) >= 11 is 0. The Morgan fingerprint density at radius 3 is 2.78 bits per heavy atom. The Morgan fingerprint density at radius 2 is 2.09 bits per heavy atom. The number of rotatable bonds is 7. The van der Waals surface area contributed by atoms with Gasteiger partial charge in [0.05, 0.1) is 26.9 Å². The number of likely N-dealkylation sites (tertiary alicyclic amines) is 1. The lowest BCUT2D eigenvalue weighted by molar-refractivity contribution is 0.144. The molecule has 6 nitrogen and oxygen atoms in total. The van der Waals surface area contributed by atoms with Crippen molar-refractivity contribution in [3.8, 4) is 11.5 Å². The summed E-state index contributed by atoms with van der Waals surface area (Å²) < 4.78 is 15.9. The smallest absolute Gasteiger partial charge is 0.317 e. The van der Waals surface area contributed by atoms with E-state index in [0.29, 0.717) is 31.3 Å². The number of carbonyl (C=O) groups is 1. The molecule has 1 aromatic carbocycles. The lowest BCUT2D eigenvalue weighted by atomic mass is 10.0. The highest BCUT2D eigenvalue weighted by atomic mass is 16.5. The number of nitrogens with one attached hydrogen (secondary N) is 1. The van der Waals surface area contributed by atoms with Gasteiger partial charge in [0.25, 0.3) is 0 Å². The maximum atomic E-state index is 12.4. The van der Waals surface area contributed by atoms with Crippen LogP contribution in [0.3, 0.4) is 0 Å². The van der Waals surface area contributed by atoms with Gasteiger partial charge < -0.3 is 24.4 Å². The predicted molar refractivity (Wildman–Crippen MR) is 88.1 cm³/mol. The number of carbonyl (C=O) groups excluding carboxylic acids is 1. The van der Waals surface area contributed by atoms with Crippen LogP contribution in [0.4, 0.5) is 4.79 Å². The van der Waals surface area contributed by atoms with Crippen LogP contribution < -0.4 is 14.8 Å². The number of benzene rings is 1. The van der Waals surface area contributed by atoms with Crippen molar-refractivity contribution < 1.29 is 19.0 Å². The van der Waals surface area contributed by atoms with E-state index in [1.165, 1.54) is 0 Å². The van der Waals surface area contributed by atoms with Gasteiger partial charge in [0, 0.05) is 19.7 Å². The van der Waals surface area contributed by atoms with Crippen molar-refractivity contribution in [3.63, 3.8) is 0 Å². The van der Waals surface area contributed by atoms with Crippen LogP contribution in [-0.2, 0) is 4.74 Å². The fourth-order valence-corrected chi connectivity index (χ4v) is 2.89. The van der Waals surface area contributed by atoms with Gasteiger partial charge in [0.2, 0.25) is 0 Å². The maximum absolute atomic E-state index is 12.4. The molecule has 1 atom stereocenters. The second-order valence-electron chi connectivity index (χ2n) is 5.39. The minimum atomic E-state index is -0.0398. The van der Waals surface area contributed by atoms with E-state index < -0.39 is 0 Å². The molecule has 1 aromatic rings. The highest BCUT2D eigenvalue weighted by Gasteiger charge is 2.30. The van der Waals surface area contributed by atoms with Crippen LogP contribution in [-0.4, -0.2) is 51.5 Å². The van der Waals surface area contributed by atoms with Gasteiger partial charge in [-0.2, -0.15) is 0 Å². The first-order valence-corrected chi connectivity index (χ1v) is 8.05. The normalized spacial score (nSPS) is 17.2. The molecule has 1 heterocycles. The molecule has 0 saturated carbocycles. The van der Waals surface area contributed by atoms with Crippen LogP contribution in [0.25, 0.3) is 0 Å². The molecule has 2 amide bonds. The zero-order valence-electron chi connectivity index (χ0n) is 14.1. The Hall–Kier alpha value is -1.95. The summed E-state index contributed by atoms with van der Waals surface area (Å²) in [6.07, 6.45) is 1.95. The molecule has 0 spiro atoms. The van der Waals surface area contributed by atoms with Gasteiger partial charge >= 0.3 is 6.03 Å². The number of amides is 2. The molecule has 0 aliphatic carbocycles.